The highest BCUT2D eigenvalue weighted by molar-refractivity contribution is 9.09. The van der Waals surface area contributed by atoms with Crippen LogP contribution in [0.3, 0.4) is 0 Å². The molecular formula is C15H13BrF2. The first-order valence-electron chi connectivity index (χ1n) is 5.66. The number of benzene rings is 2. The van der Waals surface area contributed by atoms with Crippen LogP contribution in [0, 0.1) is 25.5 Å². The van der Waals surface area contributed by atoms with Crippen molar-refractivity contribution in [2.75, 3.05) is 0 Å². The Balaban J connectivity index is 2.51. The number of alkyl halides is 1. The van der Waals surface area contributed by atoms with Gasteiger partial charge in [-0.15, -0.1) is 0 Å². The zero-order valence-corrected chi connectivity index (χ0v) is 11.8. The SMILES string of the molecule is Cc1ccc(C(Br)c2c(F)cccc2F)c(C)c1. The first-order valence-corrected chi connectivity index (χ1v) is 6.57. The summed E-state index contributed by atoms with van der Waals surface area (Å²) in [4.78, 5) is -0.473. The molecular weight excluding hydrogens is 298 g/mol. The van der Waals surface area contributed by atoms with Gasteiger partial charge in [0.15, 0.2) is 0 Å². The van der Waals surface area contributed by atoms with Crippen molar-refractivity contribution in [3.05, 3.63) is 70.3 Å². The molecule has 0 N–H and O–H groups in total. The highest BCUT2D eigenvalue weighted by atomic mass is 79.9. The molecule has 0 nitrogen and oxygen atoms in total. The van der Waals surface area contributed by atoms with E-state index in [-0.39, 0.29) is 5.56 Å². The van der Waals surface area contributed by atoms with Crippen LogP contribution in [0.1, 0.15) is 27.1 Å². The van der Waals surface area contributed by atoms with Crippen LogP contribution in [-0.4, -0.2) is 0 Å². The number of halogens is 3. The first-order chi connectivity index (χ1) is 8.50. The Hall–Kier alpha value is -1.22. The molecule has 0 spiro atoms. The van der Waals surface area contributed by atoms with Crippen molar-refractivity contribution in [1.29, 1.82) is 0 Å². The monoisotopic (exact) mass is 310 g/mol. The zero-order valence-electron chi connectivity index (χ0n) is 10.2. The van der Waals surface area contributed by atoms with Crippen LogP contribution in [0.25, 0.3) is 0 Å². The number of hydrogen-bond acceptors (Lipinski definition) is 0. The van der Waals surface area contributed by atoms with Crippen LogP contribution < -0.4 is 0 Å². The van der Waals surface area contributed by atoms with Gasteiger partial charge >= 0.3 is 0 Å². The van der Waals surface area contributed by atoms with Gasteiger partial charge in [-0.3, -0.25) is 0 Å². The van der Waals surface area contributed by atoms with Gasteiger partial charge in [-0.2, -0.15) is 0 Å². The van der Waals surface area contributed by atoms with Crippen LogP contribution in [0.5, 0.6) is 0 Å². The van der Waals surface area contributed by atoms with Gasteiger partial charge in [0, 0.05) is 5.56 Å². The fourth-order valence-electron chi connectivity index (χ4n) is 2.02. The minimum atomic E-state index is -0.531. The third-order valence-electron chi connectivity index (χ3n) is 2.95. The number of rotatable bonds is 2. The summed E-state index contributed by atoms with van der Waals surface area (Å²) in [6, 6.07) is 9.76. The molecule has 0 aliphatic heterocycles. The van der Waals surface area contributed by atoms with Crippen molar-refractivity contribution >= 4 is 15.9 Å². The van der Waals surface area contributed by atoms with Crippen LogP contribution in [0.4, 0.5) is 8.78 Å². The normalized spacial score (nSPS) is 12.5. The fraction of sp³-hybridized carbons (Fsp3) is 0.200. The molecule has 3 heteroatoms. The van der Waals surface area contributed by atoms with Crippen molar-refractivity contribution in [2.24, 2.45) is 0 Å². The van der Waals surface area contributed by atoms with Crippen LogP contribution in [0.15, 0.2) is 36.4 Å². The van der Waals surface area contributed by atoms with Crippen molar-refractivity contribution in [3.8, 4) is 0 Å². The molecule has 1 atom stereocenters. The summed E-state index contributed by atoms with van der Waals surface area (Å²) in [7, 11) is 0. The molecule has 0 heterocycles. The van der Waals surface area contributed by atoms with Gasteiger partial charge in [0.2, 0.25) is 0 Å². The average Bonchev–Trinajstić information content (AvgIpc) is 2.28. The highest BCUT2D eigenvalue weighted by Gasteiger charge is 2.20. The molecule has 0 saturated heterocycles. The van der Waals surface area contributed by atoms with Gasteiger partial charge in [0.05, 0.1) is 4.83 Å². The predicted octanol–water partition coefficient (Wildman–Crippen LogP) is 5.07. The summed E-state index contributed by atoms with van der Waals surface area (Å²) in [5.41, 5.74) is 3.08. The Morgan fingerprint density at radius 1 is 1.00 bits per heavy atom. The maximum atomic E-state index is 13.7. The van der Waals surface area contributed by atoms with E-state index in [2.05, 4.69) is 15.9 Å². The first kappa shape index (κ1) is 13.2. The Morgan fingerprint density at radius 3 is 2.17 bits per heavy atom. The molecule has 94 valence electrons. The minimum absolute atomic E-state index is 0.0597. The van der Waals surface area contributed by atoms with E-state index >= 15 is 0 Å². The Labute approximate surface area is 114 Å². The maximum Gasteiger partial charge on any atom is 0.130 e. The van der Waals surface area contributed by atoms with Crippen LogP contribution in [-0.2, 0) is 0 Å². The molecule has 0 amide bonds. The van der Waals surface area contributed by atoms with Crippen molar-refractivity contribution in [3.63, 3.8) is 0 Å². The molecule has 0 radical (unpaired) electrons. The van der Waals surface area contributed by atoms with Gasteiger partial charge < -0.3 is 0 Å². The largest absolute Gasteiger partial charge is 0.207 e. The van der Waals surface area contributed by atoms with E-state index in [0.29, 0.717) is 0 Å². The summed E-state index contributed by atoms with van der Waals surface area (Å²) in [6.45, 7) is 3.93. The second-order valence-electron chi connectivity index (χ2n) is 4.36. The predicted molar refractivity (Wildman–Crippen MR) is 73.0 cm³/mol. The molecule has 0 aromatic heterocycles. The topological polar surface area (TPSA) is 0 Å². The fourth-order valence-corrected chi connectivity index (χ4v) is 2.97. The number of aryl methyl sites for hydroxylation is 2. The van der Waals surface area contributed by atoms with Gasteiger partial charge in [0.25, 0.3) is 0 Å². The highest BCUT2D eigenvalue weighted by Crippen LogP contribution is 2.35. The third-order valence-corrected chi connectivity index (χ3v) is 3.90. The maximum absolute atomic E-state index is 13.7. The van der Waals surface area contributed by atoms with Gasteiger partial charge in [-0.1, -0.05) is 45.8 Å². The second kappa shape index (κ2) is 5.19. The van der Waals surface area contributed by atoms with Crippen LogP contribution in [0.2, 0.25) is 0 Å². The van der Waals surface area contributed by atoms with Crippen LogP contribution >= 0.6 is 15.9 Å². The number of hydrogen-bond donors (Lipinski definition) is 0. The summed E-state index contributed by atoms with van der Waals surface area (Å²) in [5.74, 6) is -1.06. The van der Waals surface area contributed by atoms with Crippen molar-refractivity contribution < 1.29 is 8.78 Å². The molecule has 2 aromatic rings. The summed E-state index contributed by atoms with van der Waals surface area (Å²) in [5, 5.41) is 0. The lowest BCUT2D eigenvalue weighted by Crippen LogP contribution is -2.02. The van der Waals surface area contributed by atoms with Crippen molar-refractivity contribution in [2.45, 2.75) is 18.7 Å². The quantitative estimate of drug-likeness (QED) is 0.680. The Bertz CT molecular complexity index is 558. The lowest BCUT2D eigenvalue weighted by Gasteiger charge is -2.15. The van der Waals surface area contributed by atoms with E-state index < -0.39 is 16.5 Å². The molecule has 0 saturated carbocycles. The van der Waals surface area contributed by atoms with Gasteiger partial charge in [-0.05, 0) is 37.1 Å². The van der Waals surface area contributed by atoms with E-state index in [4.69, 9.17) is 0 Å². The molecule has 0 aliphatic carbocycles. The Morgan fingerprint density at radius 2 is 1.61 bits per heavy atom. The second-order valence-corrected chi connectivity index (χ2v) is 5.27. The van der Waals surface area contributed by atoms with E-state index in [1.165, 1.54) is 18.2 Å². The Kier molecular flexibility index (Phi) is 3.81. The zero-order chi connectivity index (χ0) is 13.3. The van der Waals surface area contributed by atoms with E-state index in [1.54, 1.807) is 0 Å². The molecule has 2 aromatic carbocycles. The molecule has 0 aliphatic rings. The van der Waals surface area contributed by atoms with Gasteiger partial charge in [-0.25, -0.2) is 8.78 Å². The smallest absolute Gasteiger partial charge is 0.130 e. The van der Waals surface area contributed by atoms with Gasteiger partial charge in [0.1, 0.15) is 11.6 Å². The molecule has 18 heavy (non-hydrogen) atoms. The average molecular weight is 311 g/mol. The van der Waals surface area contributed by atoms with E-state index in [9.17, 15) is 8.78 Å². The van der Waals surface area contributed by atoms with E-state index in [1.807, 2.05) is 32.0 Å². The van der Waals surface area contributed by atoms with Crippen molar-refractivity contribution in [1.82, 2.24) is 0 Å². The third kappa shape index (κ3) is 2.46. The summed E-state index contributed by atoms with van der Waals surface area (Å²) >= 11 is 3.39. The molecule has 2 rings (SSSR count). The summed E-state index contributed by atoms with van der Waals surface area (Å²) in [6.07, 6.45) is 0. The molecule has 0 fully saturated rings. The van der Waals surface area contributed by atoms with E-state index in [0.717, 1.165) is 16.7 Å². The molecule has 1 unspecified atom stereocenters. The standard InChI is InChI=1S/C15H13BrF2/c1-9-6-7-11(10(2)8-9)15(16)14-12(17)4-3-5-13(14)18/h3-8,15H,1-2H3. The lowest BCUT2D eigenvalue weighted by atomic mass is 9.98. The minimum Gasteiger partial charge on any atom is -0.207 e. The lowest BCUT2D eigenvalue weighted by molar-refractivity contribution is 0.560. The summed E-state index contributed by atoms with van der Waals surface area (Å²) < 4.78 is 27.5. The molecule has 0 bridgehead atoms.